The predicted octanol–water partition coefficient (Wildman–Crippen LogP) is 2.90. The van der Waals surface area contributed by atoms with E-state index in [1.165, 1.54) is 44.3 Å². The van der Waals surface area contributed by atoms with Gasteiger partial charge in [0.25, 0.3) is 5.69 Å². The summed E-state index contributed by atoms with van der Waals surface area (Å²) in [5.74, 6) is 1.99. The lowest BCUT2D eigenvalue weighted by Gasteiger charge is -2.41. The summed E-state index contributed by atoms with van der Waals surface area (Å²) in [6.07, 6.45) is 5.85. The number of hydrogen-bond donors (Lipinski definition) is 0. The molecule has 1 aromatic carbocycles. The number of nitro benzene ring substituents is 1. The fourth-order valence-corrected chi connectivity index (χ4v) is 4.89. The summed E-state index contributed by atoms with van der Waals surface area (Å²) in [6, 6.07) is 7.86. The molecule has 0 N–H and O–H groups in total. The molecule has 1 heterocycles. The minimum Gasteiger partial charge on any atom is -0.298 e. The molecular formula is C18H25N3O2. The number of nitro groups is 1. The SMILES string of the molecule is O=[N+]([O-])c1ccc(CN2CCN([C@@H]3C[C@@H]4CC[C@H]3C4)CC2)cc1. The molecule has 2 saturated carbocycles. The summed E-state index contributed by atoms with van der Waals surface area (Å²) in [5, 5.41) is 10.7. The van der Waals surface area contributed by atoms with Crippen LogP contribution >= 0.6 is 0 Å². The Labute approximate surface area is 137 Å². The third-order valence-corrected chi connectivity index (χ3v) is 6.13. The number of hydrogen-bond acceptors (Lipinski definition) is 4. The summed E-state index contributed by atoms with van der Waals surface area (Å²) in [7, 11) is 0. The molecule has 0 spiro atoms. The fraction of sp³-hybridized carbons (Fsp3) is 0.667. The minimum atomic E-state index is -0.335. The summed E-state index contributed by atoms with van der Waals surface area (Å²) >= 11 is 0. The van der Waals surface area contributed by atoms with Crippen molar-refractivity contribution in [1.29, 1.82) is 0 Å². The van der Waals surface area contributed by atoms with Crippen molar-refractivity contribution in [1.82, 2.24) is 9.80 Å². The second-order valence-electron chi connectivity index (χ2n) is 7.48. The Hall–Kier alpha value is -1.46. The second kappa shape index (κ2) is 6.21. The van der Waals surface area contributed by atoms with E-state index in [4.69, 9.17) is 0 Å². The zero-order valence-electron chi connectivity index (χ0n) is 13.6. The molecule has 0 amide bonds. The van der Waals surface area contributed by atoms with Crippen LogP contribution in [0.3, 0.4) is 0 Å². The highest BCUT2D eigenvalue weighted by Gasteiger charge is 2.42. The van der Waals surface area contributed by atoms with Crippen molar-refractivity contribution in [3.8, 4) is 0 Å². The maximum absolute atomic E-state index is 10.7. The van der Waals surface area contributed by atoms with Crippen molar-refractivity contribution in [3.05, 3.63) is 39.9 Å². The molecule has 1 saturated heterocycles. The van der Waals surface area contributed by atoms with Gasteiger partial charge in [0.1, 0.15) is 0 Å². The van der Waals surface area contributed by atoms with E-state index < -0.39 is 0 Å². The minimum absolute atomic E-state index is 0.176. The summed E-state index contributed by atoms with van der Waals surface area (Å²) in [4.78, 5) is 15.6. The van der Waals surface area contributed by atoms with Crippen molar-refractivity contribution in [2.45, 2.75) is 38.3 Å². The third kappa shape index (κ3) is 3.12. The Balaban J connectivity index is 1.29. The molecule has 5 heteroatoms. The van der Waals surface area contributed by atoms with Gasteiger partial charge in [-0.1, -0.05) is 18.6 Å². The van der Waals surface area contributed by atoms with E-state index in [1.807, 2.05) is 12.1 Å². The van der Waals surface area contributed by atoms with Crippen molar-refractivity contribution in [2.75, 3.05) is 26.2 Å². The van der Waals surface area contributed by atoms with Crippen LogP contribution in [-0.2, 0) is 6.54 Å². The monoisotopic (exact) mass is 315 g/mol. The molecule has 3 atom stereocenters. The molecule has 0 aromatic heterocycles. The molecular weight excluding hydrogens is 290 g/mol. The number of piperazine rings is 1. The van der Waals surface area contributed by atoms with Crippen LogP contribution in [0.2, 0.25) is 0 Å². The van der Waals surface area contributed by atoms with Gasteiger partial charge >= 0.3 is 0 Å². The largest absolute Gasteiger partial charge is 0.298 e. The molecule has 1 aliphatic heterocycles. The zero-order chi connectivity index (χ0) is 15.8. The Morgan fingerprint density at radius 3 is 2.35 bits per heavy atom. The quantitative estimate of drug-likeness (QED) is 0.633. The molecule has 1 aromatic rings. The van der Waals surface area contributed by atoms with Gasteiger partial charge in [0.05, 0.1) is 4.92 Å². The first kappa shape index (κ1) is 15.1. The number of nitrogens with zero attached hydrogens (tertiary/aromatic N) is 3. The first-order chi connectivity index (χ1) is 11.2. The van der Waals surface area contributed by atoms with Crippen LogP contribution in [0, 0.1) is 22.0 Å². The van der Waals surface area contributed by atoms with Gasteiger partial charge in [0.15, 0.2) is 0 Å². The van der Waals surface area contributed by atoms with Crippen molar-refractivity contribution < 1.29 is 4.92 Å². The van der Waals surface area contributed by atoms with Gasteiger partial charge in [0, 0.05) is 50.9 Å². The van der Waals surface area contributed by atoms with Crippen LogP contribution in [0.4, 0.5) is 5.69 Å². The maximum Gasteiger partial charge on any atom is 0.269 e. The van der Waals surface area contributed by atoms with Crippen molar-refractivity contribution >= 4 is 5.69 Å². The van der Waals surface area contributed by atoms with Gasteiger partial charge in [0.2, 0.25) is 0 Å². The van der Waals surface area contributed by atoms with Crippen LogP contribution in [-0.4, -0.2) is 46.9 Å². The Morgan fingerprint density at radius 2 is 1.78 bits per heavy atom. The first-order valence-corrected chi connectivity index (χ1v) is 8.89. The fourth-order valence-electron chi connectivity index (χ4n) is 4.89. The van der Waals surface area contributed by atoms with Crippen LogP contribution < -0.4 is 0 Å². The maximum atomic E-state index is 10.7. The van der Waals surface area contributed by atoms with Crippen LogP contribution in [0.1, 0.15) is 31.2 Å². The van der Waals surface area contributed by atoms with Crippen LogP contribution in [0.15, 0.2) is 24.3 Å². The lowest BCUT2D eigenvalue weighted by molar-refractivity contribution is -0.384. The average Bonchev–Trinajstić information content (AvgIpc) is 3.19. The average molecular weight is 315 g/mol. The molecule has 3 fully saturated rings. The Kier molecular flexibility index (Phi) is 4.07. The second-order valence-corrected chi connectivity index (χ2v) is 7.48. The predicted molar refractivity (Wildman–Crippen MR) is 89.2 cm³/mol. The molecule has 3 aliphatic rings. The molecule has 0 radical (unpaired) electrons. The van der Waals surface area contributed by atoms with Crippen molar-refractivity contribution in [3.63, 3.8) is 0 Å². The first-order valence-electron chi connectivity index (χ1n) is 8.89. The number of non-ortho nitro benzene ring substituents is 1. The highest BCUT2D eigenvalue weighted by molar-refractivity contribution is 5.32. The van der Waals surface area contributed by atoms with Gasteiger partial charge in [-0.3, -0.25) is 19.9 Å². The summed E-state index contributed by atoms with van der Waals surface area (Å²) < 4.78 is 0. The third-order valence-electron chi connectivity index (χ3n) is 6.13. The van der Waals surface area contributed by atoms with E-state index in [2.05, 4.69) is 9.80 Å². The summed E-state index contributed by atoms with van der Waals surface area (Å²) in [6.45, 7) is 5.50. The van der Waals surface area contributed by atoms with Gasteiger partial charge < -0.3 is 0 Å². The van der Waals surface area contributed by atoms with Crippen molar-refractivity contribution in [2.24, 2.45) is 11.8 Å². The lowest BCUT2D eigenvalue weighted by Crippen LogP contribution is -2.51. The van der Waals surface area contributed by atoms with Crippen LogP contribution in [0.5, 0.6) is 0 Å². The van der Waals surface area contributed by atoms with E-state index in [0.717, 1.165) is 37.5 Å². The van der Waals surface area contributed by atoms with Gasteiger partial charge in [-0.15, -0.1) is 0 Å². The highest BCUT2D eigenvalue weighted by atomic mass is 16.6. The highest BCUT2D eigenvalue weighted by Crippen LogP contribution is 2.46. The Bertz CT molecular complexity index is 566. The normalized spacial score (nSPS) is 31.6. The van der Waals surface area contributed by atoms with Gasteiger partial charge in [-0.25, -0.2) is 0 Å². The summed E-state index contributed by atoms with van der Waals surface area (Å²) in [5.41, 5.74) is 1.35. The molecule has 2 aliphatic carbocycles. The molecule has 23 heavy (non-hydrogen) atoms. The van der Waals surface area contributed by atoms with E-state index >= 15 is 0 Å². The molecule has 5 nitrogen and oxygen atoms in total. The van der Waals surface area contributed by atoms with Gasteiger partial charge in [-0.2, -0.15) is 0 Å². The molecule has 0 unspecified atom stereocenters. The number of benzene rings is 1. The van der Waals surface area contributed by atoms with E-state index in [9.17, 15) is 10.1 Å². The Morgan fingerprint density at radius 1 is 1.04 bits per heavy atom. The number of fused-ring (bicyclic) bond motifs is 2. The van der Waals surface area contributed by atoms with E-state index in [1.54, 1.807) is 12.1 Å². The molecule has 4 rings (SSSR count). The molecule has 2 bridgehead atoms. The molecule has 124 valence electrons. The van der Waals surface area contributed by atoms with Gasteiger partial charge in [-0.05, 0) is 36.7 Å². The number of rotatable bonds is 4. The standard InChI is InChI=1S/C18H25N3O2/c22-21(23)17-5-2-14(3-6-17)13-19-7-9-20(10-8-19)18-12-15-1-4-16(18)11-15/h2-3,5-6,15-16,18H,1,4,7-13H2/t15-,16+,18-/m1/s1. The van der Waals surface area contributed by atoms with E-state index in [0.29, 0.717) is 0 Å². The van der Waals surface area contributed by atoms with Crippen LogP contribution in [0.25, 0.3) is 0 Å². The lowest BCUT2D eigenvalue weighted by atomic mass is 9.93. The zero-order valence-corrected chi connectivity index (χ0v) is 13.6. The smallest absolute Gasteiger partial charge is 0.269 e. The topological polar surface area (TPSA) is 49.6 Å². The van der Waals surface area contributed by atoms with E-state index in [-0.39, 0.29) is 10.6 Å².